The molecule has 10 heteroatoms. The minimum Gasteiger partial charge on any atom is -0.465 e. The Morgan fingerprint density at radius 3 is 2.66 bits per heavy atom. The Labute approximate surface area is 170 Å². The van der Waals surface area contributed by atoms with Gasteiger partial charge < -0.3 is 10.8 Å². The van der Waals surface area contributed by atoms with Crippen molar-refractivity contribution in [1.82, 2.24) is 20.2 Å². The average Bonchev–Trinajstić information content (AvgIpc) is 3.18. The molecule has 0 spiro atoms. The largest absolute Gasteiger partial charge is 0.465 e. The SMILES string of the molecule is NCc1cnc(-c2ccc(N(CC3(c4ncccc4F)CCC3)C(=O)O)nn2)s1. The number of nitrogens with zero attached hydrogens (tertiary/aromatic N) is 5. The van der Waals surface area contributed by atoms with Crippen LogP contribution in [-0.4, -0.2) is 37.9 Å². The van der Waals surface area contributed by atoms with E-state index in [4.69, 9.17) is 5.73 Å². The van der Waals surface area contributed by atoms with Gasteiger partial charge in [0.25, 0.3) is 0 Å². The first-order valence-corrected chi connectivity index (χ1v) is 9.94. The fraction of sp³-hybridized carbons (Fsp3) is 0.316. The summed E-state index contributed by atoms with van der Waals surface area (Å²) in [6.07, 6.45) is 4.26. The van der Waals surface area contributed by atoms with Crippen LogP contribution in [0.15, 0.2) is 36.7 Å². The molecule has 0 aromatic carbocycles. The second-order valence-electron chi connectivity index (χ2n) is 6.95. The smallest absolute Gasteiger partial charge is 0.413 e. The molecule has 3 aromatic heterocycles. The van der Waals surface area contributed by atoms with Gasteiger partial charge >= 0.3 is 6.09 Å². The number of aromatic nitrogens is 4. The van der Waals surface area contributed by atoms with Crippen molar-refractivity contribution in [3.05, 3.63) is 53.0 Å². The Morgan fingerprint density at radius 2 is 2.10 bits per heavy atom. The molecule has 1 aliphatic carbocycles. The normalized spacial score (nSPS) is 15.0. The van der Waals surface area contributed by atoms with Gasteiger partial charge in [-0.1, -0.05) is 6.42 Å². The zero-order chi connectivity index (χ0) is 20.4. The lowest BCUT2D eigenvalue weighted by Crippen LogP contribution is -2.49. The van der Waals surface area contributed by atoms with Gasteiger partial charge in [-0.2, -0.15) is 0 Å². The number of rotatable bonds is 6. The zero-order valence-electron chi connectivity index (χ0n) is 15.5. The van der Waals surface area contributed by atoms with Gasteiger partial charge in [-0.15, -0.1) is 21.5 Å². The van der Waals surface area contributed by atoms with E-state index in [1.54, 1.807) is 18.3 Å². The number of amides is 1. The number of hydrogen-bond acceptors (Lipinski definition) is 7. The summed E-state index contributed by atoms with van der Waals surface area (Å²) in [6.45, 7) is 0.459. The molecular formula is C19H19FN6O2S. The first-order valence-electron chi connectivity index (χ1n) is 9.13. The van der Waals surface area contributed by atoms with Gasteiger partial charge in [-0.25, -0.2) is 14.2 Å². The number of nitrogens with two attached hydrogens (primary N) is 1. The fourth-order valence-corrected chi connectivity index (χ4v) is 4.26. The van der Waals surface area contributed by atoms with Crippen LogP contribution in [0, 0.1) is 5.82 Å². The number of halogens is 1. The predicted molar refractivity (Wildman–Crippen MR) is 106 cm³/mol. The third-order valence-electron chi connectivity index (χ3n) is 5.16. The van der Waals surface area contributed by atoms with Crippen LogP contribution in [0.25, 0.3) is 10.7 Å². The lowest BCUT2D eigenvalue weighted by molar-refractivity contribution is 0.188. The Hall–Kier alpha value is -2.98. The molecule has 0 atom stereocenters. The van der Waals surface area contributed by atoms with Gasteiger partial charge in [0.1, 0.15) is 16.5 Å². The number of anilines is 1. The van der Waals surface area contributed by atoms with Crippen molar-refractivity contribution in [1.29, 1.82) is 0 Å². The summed E-state index contributed by atoms with van der Waals surface area (Å²) < 4.78 is 14.4. The molecular weight excluding hydrogens is 395 g/mol. The lowest BCUT2D eigenvalue weighted by atomic mass is 9.66. The number of pyridine rings is 1. The van der Waals surface area contributed by atoms with Crippen LogP contribution in [0.3, 0.4) is 0 Å². The van der Waals surface area contributed by atoms with Crippen LogP contribution in [0.5, 0.6) is 0 Å². The van der Waals surface area contributed by atoms with Gasteiger partial charge in [0.15, 0.2) is 5.82 Å². The highest BCUT2D eigenvalue weighted by Crippen LogP contribution is 2.44. The molecule has 3 N–H and O–H groups in total. The molecule has 1 fully saturated rings. The van der Waals surface area contributed by atoms with Gasteiger partial charge in [0, 0.05) is 35.8 Å². The first kappa shape index (κ1) is 19.3. The summed E-state index contributed by atoms with van der Waals surface area (Å²) in [4.78, 5) is 22.4. The van der Waals surface area contributed by atoms with E-state index >= 15 is 0 Å². The number of carbonyl (C=O) groups is 1. The maximum Gasteiger partial charge on any atom is 0.413 e. The topological polar surface area (TPSA) is 118 Å². The maximum absolute atomic E-state index is 14.4. The highest BCUT2D eigenvalue weighted by molar-refractivity contribution is 7.14. The van der Waals surface area contributed by atoms with E-state index < -0.39 is 17.3 Å². The second-order valence-corrected chi connectivity index (χ2v) is 8.06. The summed E-state index contributed by atoms with van der Waals surface area (Å²) in [5.74, 6) is -0.238. The summed E-state index contributed by atoms with van der Waals surface area (Å²) in [6, 6.07) is 6.14. The van der Waals surface area contributed by atoms with Crippen LogP contribution >= 0.6 is 11.3 Å². The van der Waals surface area contributed by atoms with E-state index in [-0.39, 0.29) is 12.4 Å². The third-order valence-corrected chi connectivity index (χ3v) is 6.21. The Balaban J connectivity index is 1.61. The minimum atomic E-state index is -1.17. The van der Waals surface area contributed by atoms with E-state index in [1.807, 2.05) is 0 Å². The molecule has 0 radical (unpaired) electrons. The van der Waals surface area contributed by atoms with E-state index in [2.05, 4.69) is 20.2 Å². The van der Waals surface area contributed by atoms with Crippen molar-refractivity contribution in [3.8, 4) is 10.7 Å². The molecule has 1 saturated carbocycles. The highest BCUT2D eigenvalue weighted by Gasteiger charge is 2.44. The minimum absolute atomic E-state index is 0.0683. The summed E-state index contributed by atoms with van der Waals surface area (Å²) in [5, 5.41) is 18.6. The summed E-state index contributed by atoms with van der Waals surface area (Å²) >= 11 is 1.41. The van der Waals surface area contributed by atoms with Crippen molar-refractivity contribution >= 4 is 23.2 Å². The molecule has 3 aromatic rings. The van der Waals surface area contributed by atoms with Crippen LogP contribution in [-0.2, 0) is 12.0 Å². The number of hydrogen-bond donors (Lipinski definition) is 2. The number of carboxylic acid groups (broad SMARTS) is 1. The maximum atomic E-state index is 14.4. The average molecular weight is 414 g/mol. The van der Waals surface area contributed by atoms with Crippen molar-refractivity contribution in [2.75, 3.05) is 11.4 Å². The predicted octanol–water partition coefficient (Wildman–Crippen LogP) is 3.20. The van der Waals surface area contributed by atoms with Crippen molar-refractivity contribution < 1.29 is 14.3 Å². The number of thiazole rings is 1. The lowest BCUT2D eigenvalue weighted by Gasteiger charge is -2.43. The molecule has 0 unspecified atom stereocenters. The van der Waals surface area contributed by atoms with Crippen molar-refractivity contribution in [3.63, 3.8) is 0 Å². The van der Waals surface area contributed by atoms with Gasteiger partial charge in [-0.3, -0.25) is 9.88 Å². The van der Waals surface area contributed by atoms with E-state index in [0.717, 1.165) is 16.2 Å². The molecule has 8 nitrogen and oxygen atoms in total. The molecule has 29 heavy (non-hydrogen) atoms. The first-order chi connectivity index (χ1) is 14.0. The van der Waals surface area contributed by atoms with Gasteiger partial charge in [0.05, 0.1) is 5.69 Å². The quantitative estimate of drug-likeness (QED) is 0.636. The summed E-state index contributed by atoms with van der Waals surface area (Å²) in [5.41, 5.74) is 5.79. The highest BCUT2D eigenvalue weighted by atomic mass is 32.1. The molecule has 0 aliphatic heterocycles. The second kappa shape index (κ2) is 7.80. The zero-order valence-corrected chi connectivity index (χ0v) is 16.3. The van der Waals surface area contributed by atoms with Gasteiger partial charge in [-0.05, 0) is 37.1 Å². The van der Waals surface area contributed by atoms with Crippen LogP contribution in [0.4, 0.5) is 15.0 Å². The molecule has 0 saturated heterocycles. The van der Waals surface area contributed by atoms with Crippen molar-refractivity contribution in [2.45, 2.75) is 31.2 Å². The van der Waals surface area contributed by atoms with Crippen LogP contribution in [0.1, 0.15) is 29.8 Å². The molecule has 1 aliphatic rings. The third kappa shape index (κ3) is 3.68. The van der Waals surface area contributed by atoms with E-state index in [1.165, 1.54) is 29.7 Å². The molecule has 1 amide bonds. The molecule has 150 valence electrons. The summed E-state index contributed by atoms with van der Waals surface area (Å²) in [7, 11) is 0. The standard InChI is InChI=1S/C19H19FN6O2S/c20-13-3-1-8-22-16(13)19(6-2-7-19)11-26(18(27)28)15-5-4-14(24-25-15)17-23-10-12(9-21)29-17/h1,3-5,8,10H,2,6-7,9,11,21H2,(H,27,28). The monoisotopic (exact) mass is 414 g/mol. The van der Waals surface area contributed by atoms with E-state index in [9.17, 15) is 14.3 Å². The van der Waals surface area contributed by atoms with Crippen LogP contribution < -0.4 is 10.6 Å². The van der Waals surface area contributed by atoms with Crippen LogP contribution in [0.2, 0.25) is 0 Å². The fourth-order valence-electron chi connectivity index (χ4n) is 3.50. The Kier molecular flexibility index (Phi) is 5.20. The molecule has 0 bridgehead atoms. The molecule has 3 heterocycles. The van der Waals surface area contributed by atoms with Crippen molar-refractivity contribution in [2.24, 2.45) is 5.73 Å². The Morgan fingerprint density at radius 1 is 1.28 bits per heavy atom. The van der Waals surface area contributed by atoms with Gasteiger partial charge in [0.2, 0.25) is 0 Å². The molecule has 4 rings (SSSR count). The Bertz CT molecular complexity index is 1020. The van der Waals surface area contributed by atoms with E-state index in [0.29, 0.717) is 35.8 Å².